The summed E-state index contributed by atoms with van der Waals surface area (Å²) < 4.78 is 0. The van der Waals surface area contributed by atoms with E-state index in [2.05, 4.69) is 5.32 Å². The average molecular weight is 232 g/mol. The summed E-state index contributed by atoms with van der Waals surface area (Å²) in [6, 6.07) is 5.98. The van der Waals surface area contributed by atoms with Gasteiger partial charge in [0.15, 0.2) is 0 Å². The Morgan fingerprint density at radius 1 is 1.47 bits per heavy atom. The van der Waals surface area contributed by atoms with Crippen LogP contribution in [0.5, 0.6) is 0 Å². The highest BCUT2D eigenvalue weighted by Crippen LogP contribution is 2.31. The minimum atomic E-state index is -0.0152. The van der Waals surface area contributed by atoms with Crippen LogP contribution in [0.2, 0.25) is 0 Å². The molecule has 1 aromatic rings. The van der Waals surface area contributed by atoms with Gasteiger partial charge in [-0.2, -0.15) is 0 Å². The first-order valence-corrected chi connectivity index (χ1v) is 6.19. The zero-order valence-electron chi connectivity index (χ0n) is 10.5. The van der Waals surface area contributed by atoms with Crippen LogP contribution < -0.4 is 11.1 Å². The number of hydrogen-bond acceptors (Lipinski definition) is 2. The zero-order valence-corrected chi connectivity index (χ0v) is 10.5. The smallest absolute Gasteiger partial charge is 0.251 e. The number of carbonyl (C=O) groups excluding carboxylic acids is 1. The minimum absolute atomic E-state index is 0.0152. The molecular weight excluding hydrogens is 212 g/mol. The molecule has 0 heterocycles. The number of hydrogen-bond donors (Lipinski definition) is 2. The molecule has 1 atom stereocenters. The van der Waals surface area contributed by atoms with Crippen molar-refractivity contribution < 1.29 is 4.79 Å². The van der Waals surface area contributed by atoms with Crippen LogP contribution in [-0.2, 0) is 0 Å². The number of amides is 1. The molecule has 0 aromatic heterocycles. The molecule has 1 aromatic carbocycles. The Kier molecular flexibility index (Phi) is 3.48. The van der Waals surface area contributed by atoms with E-state index in [0.717, 1.165) is 11.1 Å². The lowest BCUT2D eigenvalue weighted by atomic mass is 10.1. The van der Waals surface area contributed by atoms with Gasteiger partial charge in [-0.3, -0.25) is 4.79 Å². The summed E-state index contributed by atoms with van der Waals surface area (Å²) >= 11 is 0. The topological polar surface area (TPSA) is 55.1 Å². The summed E-state index contributed by atoms with van der Waals surface area (Å²) in [7, 11) is 0. The fourth-order valence-electron chi connectivity index (χ4n) is 2.07. The van der Waals surface area contributed by atoms with E-state index in [0.29, 0.717) is 12.5 Å². The average Bonchev–Trinajstić information content (AvgIpc) is 3.09. The van der Waals surface area contributed by atoms with Gasteiger partial charge in [0.25, 0.3) is 5.91 Å². The predicted octanol–water partition coefficient (Wildman–Crippen LogP) is 1.77. The van der Waals surface area contributed by atoms with Crippen LogP contribution in [0, 0.1) is 19.8 Å². The molecule has 0 aliphatic heterocycles. The molecule has 1 aliphatic carbocycles. The highest BCUT2D eigenvalue weighted by molar-refractivity contribution is 5.95. The first kappa shape index (κ1) is 12.1. The Balaban J connectivity index is 1.94. The summed E-state index contributed by atoms with van der Waals surface area (Å²) in [5.74, 6) is 0.605. The van der Waals surface area contributed by atoms with E-state index in [1.54, 1.807) is 0 Å². The molecule has 0 spiro atoms. The molecule has 3 N–H and O–H groups in total. The second kappa shape index (κ2) is 4.88. The van der Waals surface area contributed by atoms with E-state index < -0.39 is 0 Å². The van der Waals surface area contributed by atoms with E-state index in [-0.39, 0.29) is 11.9 Å². The molecule has 3 nitrogen and oxygen atoms in total. The summed E-state index contributed by atoms with van der Waals surface area (Å²) in [5, 5.41) is 2.92. The highest BCUT2D eigenvalue weighted by Gasteiger charge is 2.28. The van der Waals surface area contributed by atoms with Crippen molar-refractivity contribution >= 4 is 5.91 Å². The molecule has 0 radical (unpaired) electrons. The largest absolute Gasteiger partial charge is 0.350 e. The Hall–Kier alpha value is -1.35. The van der Waals surface area contributed by atoms with Crippen molar-refractivity contribution in [1.82, 2.24) is 5.32 Å². The number of nitrogens with two attached hydrogens (primary N) is 1. The SMILES string of the molecule is Cc1ccc(C(=O)NCC(N)C2CC2)c(C)c1. The van der Waals surface area contributed by atoms with Gasteiger partial charge in [0.1, 0.15) is 0 Å². The highest BCUT2D eigenvalue weighted by atomic mass is 16.1. The second-order valence-corrected chi connectivity index (χ2v) is 5.03. The van der Waals surface area contributed by atoms with E-state index in [1.165, 1.54) is 18.4 Å². The fraction of sp³-hybridized carbons (Fsp3) is 0.500. The molecule has 0 bridgehead atoms. The van der Waals surface area contributed by atoms with Gasteiger partial charge >= 0.3 is 0 Å². The van der Waals surface area contributed by atoms with Crippen molar-refractivity contribution in [2.24, 2.45) is 11.7 Å². The van der Waals surface area contributed by atoms with Crippen LogP contribution in [0.4, 0.5) is 0 Å². The van der Waals surface area contributed by atoms with Crippen molar-refractivity contribution in [3.63, 3.8) is 0 Å². The van der Waals surface area contributed by atoms with Gasteiger partial charge in [-0.05, 0) is 44.2 Å². The summed E-state index contributed by atoms with van der Waals surface area (Å²) in [5.41, 5.74) is 8.89. The van der Waals surface area contributed by atoms with Crippen molar-refractivity contribution in [1.29, 1.82) is 0 Å². The molecular formula is C14H20N2O. The molecule has 1 saturated carbocycles. The summed E-state index contributed by atoms with van der Waals surface area (Å²) in [6.07, 6.45) is 2.42. The molecule has 1 amide bonds. The first-order chi connectivity index (χ1) is 8.08. The van der Waals surface area contributed by atoms with Crippen molar-refractivity contribution in [3.8, 4) is 0 Å². The van der Waals surface area contributed by atoms with Gasteiger partial charge in [0, 0.05) is 18.2 Å². The number of nitrogens with one attached hydrogen (secondary N) is 1. The quantitative estimate of drug-likeness (QED) is 0.831. The van der Waals surface area contributed by atoms with Gasteiger partial charge in [-0.1, -0.05) is 17.7 Å². The number of benzene rings is 1. The third-order valence-corrected chi connectivity index (χ3v) is 3.35. The minimum Gasteiger partial charge on any atom is -0.350 e. The lowest BCUT2D eigenvalue weighted by molar-refractivity contribution is 0.0949. The van der Waals surface area contributed by atoms with Gasteiger partial charge < -0.3 is 11.1 Å². The van der Waals surface area contributed by atoms with Crippen molar-refractivity contribution in [3.05, 3.63) is 34.9 Å². The molecule has 3 heteroatoms. The van der Waals surface area contributed by atoms with E-state index in [1.807, 2.05) is 32.0 Å². The summed E-state index contributed by atoms with van der Waals surface area (Å²) in [4.78, 5) is 12.0. The maximum Gasteiger partial charge on any atom is 0.251 e. The van der Waals surface area contributed by atoms with Crippen LogP contribution in [-0.4, -0.2) is 18.5 Å². The van der Waals surface area contributed by atoms with Crippen LogP contribution in [0.15, 0.2) is 18.2 Å². The molecule has 1 aliphatic rings. The lowest BCUT2D eigenvalue weighted by Gasteiger charge is -2.12. The summed E-state index contributed by atoms with van der Waals surface area (Å²) in [6.45, 7) is 4.57. The van der Waals surface area contributed by atoms with Crippen LogP contribution in [0.1, 0.15) is 34.3 Å². The maximum absolute atomic E-state index is 12.0. The van der Waals surface area contributed by atoms with Gasteiger partial charge in [-0.25, -0.2) is 0 Å². The van der Waals surface area contributed by atoms with E-state index in [4.69, 9.17) is 5.73 Å². The number of carbonyl (C=O) groups is 1. The van der Waals surface area contributed by atoms with E-state index >= 15 is 0 Å². The zero-order chi connectivity index (χ0) is 12.4. The lowest BCUT2D eigenvalue weighted by Crippen LogP contribution is -2.38. The third kappa shape index (κ3) is 3.07. The molecule has 92 valence electrons. The standard InChI is InChI=1S/C14H20N2O/c1-9-3-6-12(10(2)7-9)14(17)16-8-13(15)11-4-5-11/h3,6-7,11,13H,4-5,8,15H2,1-2H3,(H,16,17). The van der Waals surface area contributed by atoms with Crippen molar-refractivity contribution in [2.75, 3.05) is 6.54 Å². The third-order valence-electron chi connectivity index (χ3n) is 3.35. The number of aryl methyl sites for hydroxylation is 2. The maximum atomic E-state index is 12.0. The second-order valence-electron chi connectivity index (χ2n) is 5.03. The first-order valence-electron chi connectivity index (χ1n) is 6.19. The monoisotopic (exact) mass is 232 g/mol. The molecule has 1 fully saturated rings. The van der Waals surface area contributed by atoms with E-state index in [9.17, 15) is 4.79 Å². The fourth-order valence-corrected chi connectivity index (χ4v) is 2.07. The molecule has 2 rings (SSSR count). The molecule has 17 heavy (non-hydrogen) atoms. The van der Waals surface area contributed by atoms with Crippen LogP contribution >= 0.6 is 0 Å². The molecule has 1 unspecified atom stereocenters. The van der Waals surface area contributed by atoms with Crippen LogP contribution in [0.3, 0.4) is 0 Å². The Morgan fingerprint density at radius 2 is 2.18 bits per heavy atom. The predicted molar refractivity (Wildman–Crippen MR) is 68.9 cm³/mol. The van der Waals surface area contributed by atoms with Gasteiger partial charge in [-0.15, -0.1) is 0 Å². The Bertz CT molecular complexity index is 424. The van der Waals surface area contributed by atoms with Crippen LogP contribution in [0.25, 0.3) is 0 Å². The normalized spacial score (nSPS) is 16.6. The number of rotatable bonds is 4. The Morgan fingerprint density at radius 3 is 2.76 bits per heavy atom. The van der Waals surface area contributed by atoms with Gasteiger partial charge in [0.2, 0.25) is 0 Å². The van der Waals surface area contributed by atoms with Crippen molar-refractivity contribution in [2.45, 2.75) is 32.7 Å². The Labute approximate surface area is 102 Å². The molecule has 0 saturated heterocycles. The van der Waals surface area contributed by atoms with Gasteiger partial charge in [0.05, 0.1) is 0 Å².